The molecule has 2 aromatic carbocycles. The SMILES string of the molecule is COC1(C2=C(N)C(=O)N(C)C2=O)C(=O)N(Cc2ccccc2)c2ccccc21. The van der Waals surface area contributed by atoms with Crippen LogP contribution in [0.2, 0.25) is 0 Å². The van der Waals surface area contributed by atoms with Crippen LogP contribution in [0.5, 0.6) is 0 Å². The van der Waals surface area contributed by atoms with Crippen molar-refractivity contribution in [2.24, 2.45) is 5.73 Å². The lowest BCUT2D eigenvalue weighted by Crippen LogP contribution is -2.46. The molecule has 2 aliphatic rings. The molecule has 142 valence electrons. The van der Waals surface area contributed by atoms with Crippen molar-refractivity contribution < 1.29 is 19.1 Å². The minimum Gasteiger partial charge on any atom is -0.394 e. The van der Waals surface area contributed by atoms with Gasteiger partial charge in [-0.2, -0.15) is 0 Å². The number of hydrogen-bond donors (Lipinski definition) is 1. The molecule has 0 radical (unpaired) electrons. The lowest BCUT2D eigenvalue weighted by molar-refractivity contribution is -0.142. The van der Waals surface area contributed by atoms with Crippen molar-refractivity contribution >= 4 is 23.4 Å². The zero-order valence-electron chi connectivity index (χ0n) is 15.5. The van der Waals surface area contributed by atoms with Crippen LogP contribution in [0.1, 0.15) is 11.1 Å². The van der Waals surface area contributed by atoms with Gasteiger partial charge in [-0.15, -0.1) is 0 Å². The molecule has 7 nitrogen and oxygen atoms in total. The number of likely N-dealkylation sites (N-methyl/N-ethyl adjacent to an activating group) is 1. The Labute approximate surface area is 162 Å². The molecule has 7 heteroatoms. The number of carbonyl (C=O) groups is 3. The van der Waals surface area contributed by atoms with E-state index in [9.17, 15) is 14.4 Å². The van der Waals surface area contributed by atoms with E-state index in [4.69, 9.17) is 10.5 Å². The van der Waals surface area contributed by atoms with Gasteiger partial charge in [0.25, 0.3) is 17.7 Å². The highest BCUT2D eigenvalue weighted by Gasteiger charge is 2.60. The van der Waals surface area contributed by atoms with E-state index < -0.39 is 23.3 Å². The van der Waals surface area contributed by atoms with Crippen LogP contribution in [-0.4, -0.2) is 36.8 Å². The first-order chi connectivity index (χ1) is 13.4. The molecule has 0 saturated heterocycles. The fraction of sp³-hybridized carbons (Fsp3) is 0.190. The van der Waals surface area contributed by atoms with Crippen LogP contribution in [0, 0.1) is 0 Å². The van der Waals surface area contributed by atoms with Gasteiger partial charge in [0.2, 0.25) is 5.60 Å². The lowest BCUT2D eigenvalue weighted by Gasteiger charge is -2.28. The molecule has 2 N–H and O–H groups in total. The van der Waals surface area contributed by atoms with Gasteiger partial charge in [-0.3, -0.25) is 19.3 Å². The van der Waals surface area contributed by atoms with Crippen molar-refractivity contribution in [3.8, 4) is 0 Å². The van der Waals surface area contributed by atoms with Crippen LogP contribution in [0.3, 0.4) is 0 Å². The number of benzene rings is 2. The molecule has 1 atom stereocenters. The predicted molar refractivity (Wildman–Crippen MR) is 102 cm³/mol. The highest BCUT2D eigenvalue weighted by atomic mass is 16.5. The molecule has 28 heavy (non-hydrogen) atoms. The summed E-state index contributed by atoms with van der Waals surface area (Å²) in [4.78, 5) is 41.2. The van der Waals surface area contributed by atoms with Crippen LogP contribution < -0.4 is 10.6 Å². The molecule has 0 bridgehead atoms. The Balaban J connectivity index is 1.91. The van der Waals surface area contributed by atoms with Crippen LogP contribution in [0.15, 0.2) is 65.9 Å². The van der Waals surface area contributed by atoms with Gasteiger partial charge in [0.15, 0.2) is 0 Å². The Bertz CT molecular complexity index is 1030. The molecule has 2 aliphatic heterocycles. The number of amides is 3. The van der Waals surface area contributed by atoms with E-state index in [1.807, 2.05) is 30.3 Å². The molecule has 4 rings (SSSR count). The number of imide groups is 1. The van der Waals surface area contributed by atoms with Crippen LogP contribution >= 0.6 is 0 Å². The molecule has 0 aliphatic carbocycles. The average molecular weight is 377 g/mol. The second kappa shape index (κ2) is 6.31. The molecule has 1 unspecified atom stereocenters. The lowest BCUT2D eigenvalue weighted by atomic mass is 9.86. The quantitative estimate of drug-likeness (QED) is 0.811. The van der Waals surface area contributed by atoms with Gasteiger partial charge < -0.3 is 15.4 Å². The van der Waals surface area contributed by atoms with Crippen LogP contribution in [0.4, 0.5) is 5.69 Å². The molecule has 0 saturated carbocycles. The Hall–Kier alpha value is -3.45. The molecular formula is C21H19N3O4. The number of para-hydroxylation sites is 1. The van der Waals surface area contributed by atoms with Gasteiger partial charge in [0, 0.05) is 19.7 Å². The van der Waals surface area contributed by atoms with E-state index in [1.54, 1.807) is 29.2 Å². The van der Waals surface area contributed by atoms with E-state index >= 15 is 0 Å². The van der Waals surface area contributed by atoms with Gasteiger partial charge >= 0.3 is 0 Å². The third kappa shape index (κ3) is 2.23. The van der Waals surface area contributed by atoms with Crippen LogP contribution in [-0.2, 0) is 31.3 Å². The molecule has 0 spiro atoms. The predicted octanol–water partition coefficient (Wildman–Crippen LogP) is 1.29. The van der Waals surface area contributed by atoms with Crippen molar-refractivity contribution in [3.63, 3.8) is 0 Å². The maximum Gasteiger partial charge on any atom is 0.276 e. The van der Waals surface area contributed by atoms with E-state index in [2.05, 4.69) is 0 Å². The van der Waals surface area contributed by atoms with Gasteiger partial charge in [-0.25, -0.2) is 0 Å². The van der Waals surface area contributed by atoms with Gasteiger partial charge in [0.05, 0.1) is 17.8 Å². The zero-order valence-corrected chi connectivity index (χ0v) is 15.5. The number of rotatable bonds is 4. The van der Waals surface area contributed by atoms with Gasteiger partial charge in [-0.05, 0) is 11.6 Å². The molecular weight excluding hydrogens is 358 g/mol. The summed E-state index contributed by atoms with van der Waals surface area (Å²) in [6.45, 7) is 0.299. The van der Waals surface area contributed by atoms with Crippen molar-refractivity contribution in [2.75, 3.05) is 19.1 Å². The zero-order chi connectivity index (χ0) is 20.1. The minimum absolute atomic E-state index is 0.129. The maximum atomic E-state index is 13.6. The second-order valence-corrected chi connectivity index (χ2v) is 6.74. The number of methoxy groups -OCH3 is 1. The van der Waals surface area contributed by atoms with Crippen LogP contribution in [0.25, 0.3) is 0 Å². The first-order valence-corrected chi connectivity index (χ1v) is 8.76. The molecule has 0 aromatic heterocycles. The fourth-order valence-corrected chi connectivity index (χ4v) is 3.89. The monoisotopic (exact) mass is 377 g/mol. The first kappa shape index (κ1) is 17.9. The van der Waals surface area contributed by atoms with Gasteiger partial charge in [-0.1, -0.05) is 48.5 Å². The van der Waals surface area contributed by atoms with E-state index in [0.29, 0.717) is 17.8 Å². The summed E-state index contributed by atoms with van der Waals surface area (Å²) in [5, 5.41) is 0. The van der Waals surface area contributed by atoms with Crippen molar-refractivity contribution in [3.05, 3.63) is 77.0 Å². The standard InChI is InChI=1S/C21H19N3O4/c1-23-18(25)16(17(22)19(23)26)21(28-2)14-10-6-7-11-15(14)24(20(21)27)12-13-8-4-3-5-9-13/h3-11H,12,22H2,1-2H3. The van der Waals surface area contributed by atoms with Crippen molar-refractivity contribution in [1.82, 2.24) is 4.90 Å². The Morgan fingerprint density at radius 2 is 1.61 bits per heavy atom. The highest BCUT2D eigenvalue weighted by Crippen LogP contribution is 2.49. The molecule has 3 amide bonds. The normalized spacial score (nSPS) is 21.7. The molecule has 2 aromatic rings. The topological polar surface area (TPSA) is 92.9 Å². The highest BCUT2D eigenvalue weighted by molar-refractivity contribution is 6.25. The smallest absolute Gasteiger partial charge is 0.276 e. The number of nitrogens with zero attached hydrogens (tertiary/aromatic N) is 2. The van der Waals surface area contributed by atoms with Crippen molar-refractivity contribution in [1.29, 1.82) is 0 Å². The number of fused-ring (bicyclic) bond motifs is 1. The number of nitrogens with two attached hydrogens (primary N) is 1. The van der Waals surface area contributed by atoms with E-state index in [1.165, 1.54) is 14.2 Å². The number of hydrogen-bond acceptors (Lipinski definition) is 5. The maximum absolute atomic E-state index is 13.6. The van der Waals surface area contributed by atoms with E-state index in [0.717, 1.165) is 10.5 Å². The van der Waals surface area contributed by atoms with E-state index in [-0.39, 0.29) is 11.3 Å². The van der Waals surface area contributed by atoms with Crippen molar-refractivity contribution in [2.45, 2.75) is 12.1 Å². The third-order valence-corrected chi connectivity index (χ3v) is 5.29. The fourth-order valence-electron chi connectivity index (χ4n) is 3.89. The Morgan fingerprint density at radius 1 is 0.964 bits per heavy atom. The third-order valence-electron chi connectivity index (χ3n) is 5.29. The number of ether oxygens (including phenoxy) is 1. The second-order valence-electron chi connectivity index (χ2n) is 6.74. The molecule has 0 fully saturated rings. The molecule has 2 heterocycles. The number of anilines is 1. The number of carbonyl (C=O) groups excluding carboxylic acids is 3. The summed E-state index contributed by atoms with van der Waals surface area (Å²) in [5.41, 5.74) is 5.86. The summed E-state index contributed by atoms with van der Waals surface area (Å²) >= 11 is 0. The average Bonchev–Trinajstić information content (AvgIpc) is 3.07. The summed E-state index contributed by atoms with van der Waals surface area (Å²) in [6.07, 6.45) is 0. The largest absolute Gasteiger partial charge is 0.394 e. The summed E-state index contributed by atoms with van der Waals surface area (Å²) in [7, 11) is 2.68. The first-order valence-electron chi connectivity index (χ1n) is 8.76. The summed E-state index contributed by atoms with van der Waals surface area (Å²) in [5.74, 6) is -1.72. The summed E-state index contributed by atoms with van der Waals surface area (Å²) < 4.78 is 5.70. The van der Waals surface area contributed by atoms with Gasteiger partial charge in [0.1, 0.15) is 5.70 Å². The Kier molecular flexibility index (Phi) is 4.05. The minimum atomic E-state index is -1.76. The Morgan fingerprint density at radius 3 is 2.21 bits per heavy atom. The summed E-state index contributed by atoms with van der Waals surface area (Å²) in [6, 6.07) is 16.6.